The van der Waals surface area contributed by atoms with Gasteiger partial charge in [0.05, 0.1) is 28.9 Å². The fraction of sp³-hybridized carbons (Fsp3) is 0.435. The summed E-state index contributed by atoms with van der Waals surface area (Å²) in [5.74, 6) is 1.23. The molecule has 0 spiro atoms. The van der Waals surface area contributed by atoms with Crippen LogP contribution in [0.2, 0.25) is 10.0 Å². The summed E-state index contributed by atoms with van der Waals surface area (Å²) in [7, 11) is 3.52. The van der Waals surface area contributed by atoms with Gasteiger partial charge in [0, 0.05) is 23.7 Å². The van der Waals surface area contributed by atoms with Crippen LogP contribution in [0.4, 0.5) is 11.6 Å². The Hall–Kier alpha value is -1.95. The Kier molecular flexibility index (Phi) is 6.28. The number of aliphatic hydroxyl groups is 1. The highest BCUT2D eigenvalue weighted by Crippen LogP contribution is 2.43. The van der Waals surface area contributed by atoms with Crippen LogP contribution in [0.5, 0.6) is 5.75 Å². The van der Waals surface area contributed by atoms with E-state index in [4.69, 9.17) is 32.9 Å². The second kappa shape index (κ2) is 8.29. The summed E-state index contributed by atoms with van der Waals surface area (Å²) >= 11 is 12.7. The topological polar surface area (TPSA) is 59.3 Å². The third-order valence-corrected chi connectivity index (χ3v) is 6.41. The maximum absolute atomic E-state index is 11.7. The Morgan fingerprint density at radius 2 is 1.77 bits per heavy atom. The van der Waals surface area contributed by atoms with Gasteiger partial charge in [0.15, 0.2) is 0 Å². The molecule has 2 N–H and O–H groups in total. The number of aryl methyl sites for hydroxylation is 2. The SMILES string of the molecule is COc1cc(Cl)cc(C)c1Nc1nc2c(Cl)ccc(C(O)(C(C)C)C(C)C)c2n1C. The number of ether oxygens (including phenoxy) is 1. The van der Waals surface area contributed by atoms with Crippen LogP contribution in [0, 0.1) is 18.8 Å². The lowest BCUT2D eigenvalue weighted by atomic mass is 9.75. The van der Waals surface area contributed by atoms with Gasteiger partial charge >= 0.3 is 0 Å². The number of fused-ring (bicyclic) bond motifs is 1. The summed E-state index contributed by atoms with van der Waals surface area (Å²) in [4.78, 5) is 4.76. The zero-order valence-corrected chi connectivity index (χ0v) is 20.0. The third-order valence-electron chi connectivity index (χ3n) is 5.89. The lowest BCUT2D eigenvalue weighted by Crippen LogP contribution is -2.38. The van der Waals surface area contributed by atoms with E-state index in [2.05, 4.69) is 5.32 Å². The van der Waals surface area contributed by atoms with Gasteiger partial charge in [-0.05, 0) is 36.5 Å². The maximum Gasteiger partial charge on any atom is 0.208 e. The minimum absolute atomic E-state index is 0.00629. The fourth-order valence-electron chi connectivity index (χ4n) is 4.16. The molecule has 0 atom stereocenters. The molecule has 3 rings (SSSR count). The molecule has 0 aliphatic heterocycles. The van der Waals surface area contributed by atoms with Crippen LogP contribution in [0.1, 0.15) is 38.8 Å². The van der Waals surface area contributed by atoms with Crippen molar-refractivity contribution in [2.75, 3.05) is 12.4 Å². The Bertz CT molecular complexity index is 1080. The van der Waals surface area contributed by atoms with Crippen molar-refractivity contribution in [2.24, 2.45) is 18.9 Å². The number of imidazole rings is 1. The van der Waals surface area contributed by atoms with Crippen molar-refractivity contribution in [1.82, 2.24) is 9.55 Å². The van der Waals surface area contributed by atoms with Crippen molar-refractivity contribution < 1.29 is 9.84 Å². The molecule has 0 aliphatic rings. The highest BCUT2D eigenvalue weighted by atomic mass is 35.5. The molecule has 1 heterocycles. The van der Waals surface area contributed by atoms with E-state index in [1.807, 2.05) is 58.4 Å². The van der Waals surface area contributed by atoms with Crippen LogP contribution >= 0.6 is 23.2 Å². The van der Waals surface area contributed by atoms with Crippen molar-refractivity contribution in [1.29, 1.82) is 0 Å². The monoisotopic (exact) mass is 449 g/mol. The van der Waals surface area contributed by atoms with Crippen molar-refractivity contribution in [3.63, 3.8) is 0 Å². The van der Waals surface area contributed by atoms with E-state index in [1.54, 1.807) is 19.2 Å². The van der Waals surface area contributed by atoms with Crippen LogP contribution in [-0.4, -0.2) is 21.8 Å². The number of benzene rings is 2. The zero-order chi connectivity index (χ0) is 22.4. The smallest absolute Gasteiger partial charge is 0.208 e. The van der Waals surface area contributed by atoms with Gasteiger partial charge < -0.3 is 19.7 Å². The van der Waals surface area contributed by atoms with Crippen molar-refractivity contribution >= 4 is 45.9 Å². The first kappa shape index (κ1) is 22.7. The molecule has 7 heteroatoms. The van der Waals surface area contributed by atoms with E-state index >= 15 is 0 Å². The van der Waals surface area contributed by atoms with E-state index < -0.39 is 5.60 Å². The van der Waals surface area contributed by atoms with E-state index in [0.29, 0.717) is 27.3 Å². The molecule has 1 aromatic heterocycles. The second-order valence-electron chi connectivity index (χ2n) is 8.35. The lowest BCUT2D eigenvalue weighted by molar-refractivity contribution is -0.0520. The summed E-state index contributed by atoms with van der Waals surface area (Å²) in [5.41, 5.74) is 2.95. The number of rotatable bonds is 6. The number of hydrogen-bond donors (Lipinski definition) is 2. The van der Waals surface area contributed by atoms with E-state index in [0.717, 1.165) is 22.3 Å². The Morgan fingerprint density at radius 1 is 1.13 bits per heavy atom. The predicted molar refractivity (Wildman–Crippen MR) is 125 cm³/mol. The Labute approximate surface area is 188 Å². The van der Waals surface area contributed by atoms with Crippen LogP contribution < -0.4 is 10.1 Å². The normalized spacial score (nSPS) is 12.3. The predicted octanol–water partition coefficient (Wildman–Crippen LogP) is 6.44. The van der Waals surface area contributed by atoms with E-state index in [9.17, 15) is 5.11 Å². The summed E-state index contributed by atoms with van der Waals surface area (Å²) in [6, 6.07) is 7.34. The van der Waals surface area contributed by atoms with Crippen molar-refractivity contribution in [3.05, 3.63) is 45.4 Å². The zero-order valence-electron chi connectivity index (χ0n) is 18.5. The average Bonchev–Trinajstić information content (AvgIpc) is 3.00. The van der Waals surface area contributed by atoms with Crippen LogP contribution in [-0.2, 0) is 12.6 Å². The molecule has 0 amide bonds. The van der Waals surface area contributed by atoms with Crippen LogP contribution in [0.15, 0.2) is 24.3 Å². The summed E-state index contributed by atoms with van der Waals surface area (Å²) in [6.45, 7) is 10.1. The minimum atomic E-state index is -1.03. The number of halogens is 2. The van der Waals surface area contributed by atoms with Gasteiger partial charge in [0.25, 0.3) is 0 Å². The van der Waals surface area contributed by atoms with Gasteiger partial charge in [-0.2, -0.15) is 0 Å². The van der Waals surface area contributed by atoms with Gasteiger partial charge in [-0.3, -0.25) is 0 Å². The first-order chi connectivity index (χ1) is 14.0. The van der Waals surface area contributed by atoms with E-state index in [-0.39, 0.29) is 11.8 Å². The Morgan fingerprint density at radius 3 is 2.33 bits per heavy atom. The molecule has 0 bridgehead atoms. The maximum atomic E-state index is 11.7. The molecule has 5 nitrogen and oxygen atoms in total. The number of nitrogens with one attached hydrogen (secondary N) is 1. The lowest BCUT2D eigenvalue weighted by Gasteiger charge is -2.37. The number of aromatic nitrogens is 2. The van der Waals surface area contributed by atoms with Gasteiger partial charge in [0.1, 0.15) is 11.3 Å². The summed E-state index contributed by atoms with van der Waals surface area (Å²) in [6.07, 6.45) is 0. The minimum Gasteiger partial charge on any atom is -0.495 e. The second-order valence-corrected chi connectivity index (χ2v) is 9.19. The first-order valence-corrected chi connectivity index (χ1v) is 10.8. The van der Waals surface area contributed by atoms with Gasteiger partial charge in [-0.1, -0.05) is 57.0 Å². The van der Waals surface area contributed by atoms with Crippen molar-refractivity contribution in [2.45, 2.75) is 40.2 Å². The molecule has 0 fully saturated rings. The highest BCUT2D eigenvalue weighted by Gasteiger charge is 2.39. The third kappa shape index (κ3) is 3.64. The number of methoxy groups -OCH3 is 1. The molecule has 30 heavy (non-hydrogen) atoms. The van der Waals surface area contributed by atoms with Crippen molar-refractivity contribution in [3.8, 4) is 5.75 Å². The highest BCUT2D eigenvalue weighted by molar-refractivity contribution is 6.35. The standard InChI is InChI=1S/C23H29Cl2N3O2/c1-12(2)23(29,13(3)4)16-8-9-17(25)20-21(16)28(6)22(27-20)26-19-14(5)10-15(24)11-18(19)30-7/h8-13,29H,1-7H3,(H,26,27). The molecular weight excluding hydrogens is 421 g/mol. The molecular formula is C23H29Cl2N3O2. The molecule has 0 aliphatic carbocycles. The first-order valence-electron chi connectivity index (χ1n) is 10.0. The van der Waals surface area contributed by atoms with Gasteiger partial charge in [0.2, 0.25) is 5.95 Å². The molecule has 0 unspecified atom stereocenters. The molecule has 3 aromatic rings. The number of nitrogens with zero attached hydrogens (tertiary/aromatic N) is 2. The number of hydrogen-bond acceptors (Lipinski definition) is 4. The molecule has 162 valence electrons. The molecule has 0 saturated heterocycles. The quantitative estimate of drug-likeness (QED) is 0.454. The summed E-state index contributed by atoms with van der Waals surface area (Å²) in [5, 5.41) is 16.2. The van der Waals surface area contributed by atoms with Crippen LogP contribution in [0.25, 0.3) is 11.0 Å². The molecule has 2 aromatic carbocycles. The molecule has 0 saturated carbocycles. The fourth-order valence-corrected chi connectivity index (χ4v) is 4.61. The number of anilines is 2. The van der Waals surface area contributed by atoms with Gasteiger partial charge in [-0.25, -0.2) is 4.98 Å². The van der Waals surface area contributed by atoms with Gasteiger partial charge in [-0.15, -0.1) is 0 Å². The average molecular weight is 450 g/mol. The van der Waals surface area contributed by atoms with Crippen LogP contribution in [0.3, 0.4) is 0 Å². The summed E-state index contributed by atoms with van der Waals surface area (Å²) < 4.78 is 7.44. The van der Waals surface area contributed by atoms with E-state index in [1.165, 1.54) is 0 Å². The largest absolute Gasteiger partial charge is 0.495 e. The molecule has 0 radical (unpaired) electrons. The Balaban J connectivity index is 2.24.